The van der Waals surface area contributed by atoms with Gasteiger partial charge in [0.25, 0.3) is 11.2 Å². The molecule has 2 saturated carbocycles. The van der Waals surface area contributed by atoms with Crippen LogP contribution < -0.4 is 10.2 Å². The van der Waals surface area contributed by atoms with Crippen LogP contribution in [0.3, 0.4) is 0 Å². The van der Waals surface area contributed by atoms with Crippen molar-refractivity contribution in [3.05, 3.63) is 57.6 Å². The molecule has 1 N–H and O–H groups in total. The fourth-order valence-electron chi connectivity index (χ4n) is 4.29. The van der Waals surface area contributed by atoms with Crippen molar-refractivity contribution in [1.82, 2.24) is 0 Å². The number of hydrogen-bond donors (Lipinski definition) is 1. The molecule has 0 spiro atoms. The van der Waals surface area contributed by atoms with E-state index in [1.54, 1.807) is 0 Å². The molecule has 2 aromatic rings. The van der Waals surface area contributed by atoms with Crippen LogP contribution in [0.5, 0.6) is 0 Å². The van der Waals surface area contributed by atoms with Crippen molar-refractivity contribution in [3.63, 3.8) is 0 Å². The molecule has 6 nitrogen and oxygen atoms in total. The maximum atomic E-state index is 13.7. The molecule has 0 radical (unpaired) electrons. The van der Waals surface area contributed by atoms with Crippen molar-refractivity contribution in [2.45, 2.75) is 63.1 Å². The molecule has 2 aliphatic heterocycles. The monoisotopic (exact) mass is 674 g/mol. The molecule has 4 aliphatic rings. The molecule has 2 aromatic carbocycles. The lowest BCUT2D eigenvalue weighted by Crippen LogP contribution is -2.52. The third-order valence-electron chi connectivity index (χ3n) is 6.91. The van der Waals surface area contributed by atoms with Crippen LogP contribution in [0.1, 0.15) is 50.7 Å². The van der Waals surface area contributed by atoms with E-state index < -0.39 is 35.7 Å². The first-order valence-corrected chi connectivity index (χ1v) is 14.6. The van der Waals surface area contributed by atoms with Gasteiger partial charge in [0, 0.05) is 40.1 Å². The number of nitrogens with zero attached hydrogens (tertiary/aromatic N) is 1. The fraction of sp³-hybridized carbons (Fsp3) is 0.419. The lowest BCUT2D eigenvalue weighted by molar-refractivity contribution is -0.240. The molecule has 0 unspecified atom stereocenters. The molecule has 6 rings (SSSR count). The highest BCUT2D eigenvalue weighted by Crippen LogP contribution is 2.50. The Kier molecular flexibility index (Phi) is 9.54. The van der Waals surface area contributed by atoms with Gasteiger partial charge in [-0.15, -0.1) is 0 Å². The highest BCUT2D eigenvalue weighted by Gasteiger charge is 2.63. The topological polar surface area (TPSA) is 67.9 Å². The molecule has 240 valence electrons. The smallest absolute Gasteiger partial charge is 0.415 e. The van der Waals surface area contributed by atoms with Gasteiger partial charge in [-0.05, 0) is 73.9 Å². The second-order valence-electron chi connectivity index (χ2n) is 10.2. The summed E-state index contributed by atoms with van der Waals surface area (Å²) >= 11 is 11.6. The summed E-state index contributed by atoms with van der Waals surface area (Å²) in [5.74, 6) is 9.26. The van der Waals surface area contributed by atoms with Crippen molar-refractivity contribution in [3.8, 4) is 23.7 Å². The number of halogens is 8. The van der Waals surface area contributed by atoms with Gasteiger partial charge in [-0.25, -0.2) is 9.59 Å². The predicted octanol–water partition coefficient (Wildman–Crippen LogP) is 9.20. The Morgan fingerprint density at radius 3 is 1.76 bits per heavy atom. The van der Waals surface area contributed by atoms with Gasteiger partial charge >= 0.3 is 24.5 Å². The fourth-order valence-corrected chi connectivity index (χ4v) is 4.64. The van der Waals surface area contributed by atoms with Crippen LogP contribution in [0.4, 0.5) is 47.3 Å². The number of amides is 2. The van der Waals surface area contributed by atoms with Crippen LogP contribution in [0.25, 0.3) is 0 Å². The van der Waals surface area contributed by atoms with E-state index in [2.05, 4.69) is 33.7 Å². The summed E-state index contributed by atoms with van der Waals surface area (Å²) in [5.41, 5.74) is -6.42. The lowest BCUT2D eigenvalue weighted by atomic mass is 9.89. The average Bonchev–Trinajstić information content (AvgIpc) is 3.89. The molecular formula is C31H26Cl2F6N2O4. The summed E-state index contributed by atoms with van der Waals surface area (Å²) in [5, 5.41) is 2.45. The number of carbonyl (C=O) groups excluding carboxylic acids is 2. The third-order valence-corrected chi connectivity index (χ3v) is 7.38. The maximum absolute atomic E-state index is 13.7. The zero-order chi connectivity index (χ0) is 33.4. The number of cyclic esters (lactones) is 2. The van der Waals surface area contributed by atoms with Gasteiger partial charge in [-0.2, -0.15) is 26.3 Å². The highest BCUT2D eigenvalue weighted by atomic mass is 35.5. The Bertz CT molecular complexity index is 1620. The van der Waals surface area contributed by atoms with Gasteiger partial charge in [0.2, 0.25) is 0 Å². The Labute approximate surface area is 265 Å². The second-order valence-corrected chi connectivity index (χ2v) is 11.1. The Hall–Kier alpha value is -3.74. The summed E-state index contributed by atoms with van der Waals surface area (Å²) in [6, 6.07) is 7.74. The minimum Gasteiger partial charge on any atom is -0.415 e. The number of anilines is 2. The molecule has 0 saturated heterocycles. The van der Waals surface area contributed by atoms with Crippen LogP contribution in [-0.4, -0.2) is 31.6 Å². The van der Waals surface area contributed by atoms with E-state index >= 15 is 0 Å². The summed E-state index contributed by atoms with van der Waals surface area (Å²) in [6.07, 6.45) is -8.99. The first kappa shape index (κ1) is 34.1. The normalized spacial score (nSPS) is 23.3. The minimum atomic E-state index is -4.87. The maximum Gasteiger partial charge on any atom is 0.445 e. The van der Waals surface area contributed by atoms with E-state index in [4.69, 9.17) is 27.9 Å². The van der Waals surface area contributed by atoms with Gasteiger partial charge in [-0.3, -0.25) is 10.2 Å². The van der Waals surface area contributed by atoms with Crippen LogP contribution in [0.2, 0.25) is 10.0 Å². The largest absolute Gasteiger partial charge is 0.445 e. The number of fused-ring (bicyclic) bond motifs is 2. The van der Waals surface area contributed by atoms with Gasteiger partial charge in [0.05, 0.1) is 11.4 Å². The molecule has 2 amide bonds. The summed E-state index contributed by atoms with van der Waals surface area (Å²) in [6.45, 7) is 4.00. The van der Waals surface area contributed by atoms with Crippen LogP contribution in [0, 0.1) is 35.5 Å². The molecule has 2 heterocycles. The van der Waals surface area contributed by atoms with E-state index in [-0.39, 0.29) is 44.4 Å². The second kappa shape index (κ2) is 12.6. The minimum absolute atomic E-state index is 0.00179. The van der Waals surface area contributed by atoms with Crippen molar-refractivity contribution in [2.75, 3.05) is 17.3 Å². The van der Waals surface area contributed by atoms with Crippen molar-refractivity contribution < 1.29 is 45.4 Å². The van der Waals surface area contributed by atoms with Crippen LogP contribution >= 0.6 is 23.2 Å². The van der Waals surface area contributed by atoms with E-state index in [1.165, 1.54) is 31.3 Å². The van der Waals surface area contributed by atoms with E-state index in [1.807, 2.05) is 13.8 Å². The molecule has 2 fully saturated rings. The van der Waals surface area contributed by atoms with Crippen LogP contribution in [-0.2, 0) is 20.7 Å². The average molecular weight is 675 g/mol. The van der Waals surface area contributed by atoms with E-state index in [0.717, 1.165) is 42.7 Å². The number of benzene rings is 2. The van der Waals surface area contributed by atoms with Gasteiger partial charge in [0.1, 0.15) is 0 Å². The zero-order valence-electron chi connectivity index (χ0n) is 24.1. The number of nitrogens with one attached hydrogen (secondary N) is 1. The SMILES string of the molecule is CC.CN1C(=O)O[C@](C#CC2CC2)(C(F)(F)F)c2cc(Cl)ccc21.O=C1Nc2ccc(Cl)cc2[C@@](C#CC2CC2)(C(F)(F)F)O1. The Morgan fingerprint density at radius 2 is 1.27 bits per heavy atom. The number of hydrogen-bond acceptors (Lipinski definition) is 4. The molecule has 45 heavy (non-hydrogen) atoms. The molecule has 2 aliphatic carbocycles. The van der Waals surface area contributed by atoms with E-state index in [0.29, 0.717) is 0 Å². The van der Waals surface area contributed by atoms with Gasteiger partial charge in [-0.1, -0.05) is 48.9 Å². The molecule has 0 aromatic heterocycles. The zero-order valence-corrected chi connectivity index (χ0v) is 25.6. The first-order chi connectivity index (χ1) is 21.1. The quantitative estimate of drug-likeness (QED) is 0.224. The van der Waals surface area contributed by atoms with Crippen molar-refractivity contribution in [1.29, 1.82) is 0 Å². The number of alkyl halides is 6. The predicted molar refractivity (Wildman–Crippen MR) is 156 cm³/mol. The summed E-state index contributed by atoms with van der Waals surface area (Å²) < 4.78 is 91.3. The first-order valence-electron chi connectivity index (χ1n) is 13.8. The lowest BCUT2D eigenvalue weighted by Gasteiger charge is -2.39. The number of ether oxygens (including phenoxy) is 2. The molecular weight excluding hydrogens is 649 g/mol. The van der Waals surface area contributed by atoms with Gasteiger partial charge in [0.15, 0.2) is 0 Å². The van der Waals surface area contributed by atoms with Crippen molar-refractivity contribution >= 4 is 46.8 Å². The standard InChI is InChI=1S/C15H11ClF3NO2.C14H9ClF3NO2.C2H6/c1-20-12-5-4-10(16)8-11(12)14(15(17,18)19,22-13(20)21)7-6-9-2-3-9;15-9-3-4-11-10(7-9)13(14(16,17)18,21-12(20)19-11)6-5-8-1-2-8;1-2/h4-5,8-9H,2-3H2,1H3;3-4,7-8H,1-2H2,(H,19,20);1-2H3/t14-;13-;/m00./s1. The van der Waals surface area contributed by atoms with Crippen molar-refractivity contribution in [2.24, 2.45) is 11.8 Å². The van der Waals surface area contributed by atoms with Crippen LogP contribution in [0.15, 0.2) is 36.4 Å². The highest BCUT2D eigenvalue weighted by molar-refractivity contribution is 6.31. The Morgan fingerprint density at radius 1 is 0.800 bits per heavy atom. The molecule has 14 heteroatoms. The van der Waals surface area contributed by atoms with Gasteiger partial charge < -0.3 is 9.47 Å². The Balaban J connectivity index is 0.000000194. The summed E-state index contributed by atoms with van der Waals surface area (Å²) in [4.78, 5) is 24.4. The molecule has 0 bridgehead atoms. The van der Waals surface area contributed by atoms with E-state index in [9.17, 15) is 35.9 Å². The third kappa shape index (κ3) is 6.92. The number of rotatable bonds is 0. The number of carbonyl (C=O) groups is 2. The molecule has 2 atom stereocenters. The summed E-state index contributed by atoms with van der Waals surface area (Å²) in [7, 11) is 1.34.